The summed E-state index contributed by atoms with van der Waals surface area (Å²) in [5.41, 5.74) is 0. The number of likely N-dealkylation sites (tertiary alicyclic amines) is 1. The molecule has 0 aromatic heterocycles. The zero-order chi connectivity index (χ0) is 14.4. The first-order chi connectivity index (χ1) is 9.70. The van der Waals surface area contributed by atoms with Crippen molar-refractivity contribution >= 4 is 6.09 Å². The quantitative estimate of drug-likeness (QED) is 0.847. The standard InChI is InChI=1S/C16H24N2O2/c1-3-11-18-12-9-14(10-13-18)17(2)16(19)20-15-7-5-4-6-8-15/h4-8,14H,3,9-13H2,1-2H3. The maximum absolute atomic E-state index is 12.1. The van der Waals surface area contributed by atoms with Gasteiger partial charge in [0.15, 0.2) is 0 Å². The second-order valence-corrected chi connectivity index (χ2v) is 5.36. The van der Waals surface area contributed by atoms with E-state index in [1.807, 2.05) is 25.2 Å². The molecule has 0 aliphatic carbocycles. The van der Waals surface area contributed by atoms with Gasteiger partial charge in [-0.15, -0.1) is 0 Å². The molecule has 4 nitrogen and oxygen atoms in total. The van der Waals surface area contributed by atoms with E-state index in [9.17, 15) is 4.79 Å². The highest BCUT2D eigenvalue weighted by Gasteiger charge is 2.26. The van der Waals surface area contributed by atoms with Gasteiger partial charge in [-0.25, -0.2) is 4.79 Å². The van der Waals surface area contributed by atoms with Gasteiger partial charge < -0.3 is 14.5 Å². The molecular weight excluding hydrogens is 252 g/mol. The number of hydrogen-bond donors (Lipinski definition) is 0. The molecule has 1 aliphatic rings. The summed E-state index contributed by atoms with van der Waals surface area (Å²) >= 11 is 0. The molecule has 0 radical (unpaired) electrons. The van der Waals surface area contributed by atoms with Crippen LogP contribution in [-0.4, -0.2) is 48.6 Å². The van der Waals surface area contributed by atoms with E-state index in [0.29, 0.717) is 11.8 Å². The van der Waals surface area contributed by atoms with E-state index in [1.54, 1.807) is 17.0 Å². The predicted octanol–water partition coefficient (Wildman–Crippen LogP) is 2.99. The van der Waals surface area contributed by atoms with Crippen LogP contribution in [0.5, 0.6) is 5.75 Å². The van der Waals surface area contributed by atoms with Crippen LogP contribution >= 0.6 is 0 Å². The molecule has 1 aliphatic heterocycles. The Morgan fingerprint density at radius 2 is 1.95 bits per heavy atom. The number of para-hydroxylation sites is 1. The Hall–Kier alpha value is -1.55. The minimum atomic E-state index is -0.259. The first-order valence-electron chi connectivity index (χ1n) is 7.42. The number of nitrogens with zero attached hydrogens (tertiary/aromatic N) is 2. The van der Waals surface area contributed by atoms with Crippen LogP contribution in [0.1, 0.15) is 26.2 Å². The fourth-order valence-corrected chi connectivity index (χ4v) is 2.66. The molecule has 20 heavy (non-hydrogen) atoms. The third-order valence-electron chi connectivity index (χ3n) is 3.88. The molecule has 1 saturated heterocycles. The maximum atomic E-state index is 12.1. The van der Waals surface area contributed by atoms with E-state index in [2.05, 4.69) is 11.8 Å². The predicted molar refractivity (Wildman–Crippen MR) is 80.0 cm³/mol. The van der Waals surface area contributed by atoms with Gasteiger partial charge in [0, 0.05) is 26.2 Å². The van der Waals surface area contributed by atoms with Gasteiger partial charge in [0.25, 0.3) is 0 Å². The Balaban J connectivity index is 1.82. The van der Waals surface area contributed by atoms with Crippen LogP contribution in [0.3, 0.4) is 0 Å². The summed E-state index contributed by atoms with van der Waals surface area (Å²) < 4.78 is 5.38. The molecule has 4 heteroatoms. The third kappa shape index (κ3) is 3.97. The van der Waals surface area contributed by atoms with Crippen LogP contribution in [0.25, 0.3) is 0 Å². The summed E-state index contributed by atoms with van der Waals surface area (Å²) in [4.78, 5) is 16.3. The van der Waals surface area contributed by atoms with Crippen molar-refractivity contribution in [3.05, 3.63) is 30.3 Å². The molecule has 1 fully saturated rings. The van der Waals surface area contributed by atoms with Crippen LogP contribution in [0.4, 0.5) is 4.79 Å². The van der Waals surface area contributed by atoms with Gasteiger partial charge in [-0.3, -0.25) is 0 Å². The number of hydrogen-bond acceptors (Lipinski definition) is 3. The number of ether oxygens (including phenoxy) is 1. The molecule has 1 amide bonds. The molecule has 1 aromatic carbocycles. The van der Waals surface area contributed by atoms with Crippen molar-refractivity contribution in [1.82, 2.24) is 9.80 Å². The van der Waals surface area contributed by atoms with Crippen LogP contribution in [-0.2, 0) is 0 Å². The molecule has 2 rings (SSSR count). The van der Waals surface area contributed by atoms with Gasteiger partial charge in [0.2, 0.25) is 0 Å². The van der Waals surface area contributed by atoms with Crippen molar-refractivity contribution in [2.75, 3.05) is 26.7 Å². The molecule has 1 heterocycles. The number of amides is 1. The van der Waals surface area contributed by atoms with E-state index < -0.39 is 0 Å². The van der Waals surface area contributed by atoms with E-state index >= 15 is 0 Å². The van der Waals surface area contributed by atoms with Crippen LogP contribution < -0.4 is 4.74 Å². The molecular formula is C16H24N2O2. The lowest BCUT2D eigenvalue weighted by molar-refractivity contribution is 0.110. The second-order valence-electron chi connectivity index (χ2n) is 5.36. The minimum absolute atomic E-state index is 0.259. The Labute approximate surface area is 121 Å². The lowest BCUT2D eigenvalue weighted by atomic mass is 10.0. The van der Waals surface area contributed by atoms with Crippen LogP contribution in [0.15, 0.2) is 30.3 Å². The van der Waals surface area contributed by atoms with Gasteiger partial charge in [0.1, 0.15) is 5.75 Å². The summed E-state index contributed by atoms with van der Waals surface area (Å²) in [5.74, 6) is 0.604. The highest BCUT2D eigenvalue weighted by molar-refractivity contribution is 5.70. The van der Waals surface area contributed by atoms with Crippen molar-refractivity contribution in [1.29, 1.82) is 0 Å². The number of carbonyl (C=O) groups is 1. The monoisotopic (exact) mass is 276 g/mol. The van der Waals surface area contributed by atoms with Gasteiger partial charge >= 0.3 is 6.09 Å². The summed E-state index contributed by atoms with van der Waals surface area (Å²) in [6.45, 7) is 5.50. The molecule has 110 valence electrons. The van der Waals surface area contributed by atoms with Gasteiger partial charge in [0.05, 0.1) is 0 Å². The fraction of sp³-hybridized carbons (Fsp3) is 0.562. The molecule has 0 spiro atoms. The Kier molecular flexibility index (Phi) is 5.41. The van der Waals surface area contributed by atoms with Crippen LogP contribution in [0.2, 0.25) is 0 Å². The number of piperidine rings is 1. The average Bonchev–Trinajstić information content (AvgIpc) is 2.48. The lowest BCUT2D eigenvalue weighted by Gasteiger charge is -2.36. The SMILES string of the molecule is CCCN1CCC(N(C)C(=O)Oc2ccccc2)CC1. The van der Waals surface area contributed by atoms with E-state index in [4.69, 9.17) is 4.74 Å². The van der Waals surface area contributed by atoms with E-state index in [1.165, 1.54) is 6.42 Å². The Morgan fingerprint density at radius 3 is 2.55 bits per heavy atom. The normalized spacial score (nSPS) is 16.9. The van der Waals surface area contributed by atoms with E-state index in [-0.39, 0.29) is 6.09 Å². The largest absolute Gasteiger partial charge is 0.415 e. The summed E-state index contributed by atoms with van der Waals surface area (Å²) in [6, 6.07) is 9.53. The first-order valence-corrected chi connectivity index (χ1v) is 7.42. The van der Waals surface area contributed by atoms with Gasteiger partial charge in [-0.05, 0) is 37.9 Å². The summed E-state index contributed by atoms with van der Waals surface area (Å²) in [7, 11) is 1.84. The van der Waals surface area contributed by atoms with Gasteiger partial charge in [-0.1, -0.05) is 25.1 Å². The molecule has 0 N–H and O–H groups in total. The van der Waals surface area contributed by atoms with Crippen molar-refractivity contribution in [2.45, 2.75) is 32.2 Å². The Bertz CT molecular complexity index is 414. The third-order valence-corrected chi connectivity index (χ3v) is 3.88. The maximum Gasteiger partial charge on any atom is 0.415 e. The molecule has 1 aromatic rings. The fourth-order valence-electron chi connectivity index (χ4n) is 2.66. The number of carbonyl (C=O) groups excluding carboxylic acids is 1. The van der Waals surface area contributed by atoms with Crippen LogP contribution in [0, 0.1) is 0 Å². The molecule has 0 atom stereocenters. The summed E-state index contributed by atoms with van der Waals surface area (Å²) in [5, 5.41) is 0. The highest BCUT2D eigenvalue weighted by Crippen LogP contribution is 2.17. The van der Waals surface area contributed by atoms with Crippen molar-refractivity contribution in [3.8, 4) is 5.75 Å². The van der Waals surface area contributed by atoms with Crippen molar-refractivity contribution in [2.24, 2.45) is 0 Å². The first kappa shape index (κ1) is 14.9. The van der Waals surface area contributed by atoms with E-state index in [0.717, 1.165) is 32.5 Å². The zero-order valence-corrected chi connectivity index (χ0v) is 12.4. The minimum Gasteiger partial charge on any atom is -0.410 e. The lowest BCUT2D eigenvalue weighted by Crippen LogP contribution is -2.46. The van der Waals surface area contributed by atoms with Gasteiger partial charge in [-0.2, -0.15) is 0 Å². The molecule has 0 unspecified atom stereocenters. The van der Waals surface area contributed by atoms with Crippen molar-refractivity contribution < 1.29 is 9.53 Å². The number of benzene rings is 1. The molecule has 0 bridgehead atoms. The Morgan fingerprint density at radius 1 is 1.30 bits per heavy atom. The van der Waals surface area contributed by atoms with Crippen molar-refractivity contribution in [3.63, 3.8) is 0 Å². The smallest absolute Gasteiger partial charge is 0.410 e. The highest BCUT2D eigenvalue weighted by atomic mass is 16.6. The number of rotatable bonds is 4. The zero-order valence-electron chi connectivity index (χ0n) is 12.4. The second kappa shape index (κ2) is 7.29. The topological polar surface area (TPSA) is 32.8 Å². The average molecular weight is 276 g/mol. The molecule has 0 saturated carbocycles. The summed E-state index contributed by atoms with van der Waals surface area (Å²) in [6.07, 6.45) is 2.99.